The van der Waals surface area contributed by atoms with Crippen LogP contribution >= 0.6 is 11.8 Å². The standard InChI is InChI=1S/C14H18FN3OS/c1-10(16-2)7-8-14-17-13(18-19-14)9-20-12-6-4-3-5-11(12)15/h3-6,10,16H,7-9H2,1-2H3. The number of rotatable bonds is 7. The molecule has 1 unspecified atom stereocenters. The van der Waals surface area contributed by atoms with E-state index in [1.807, 2.05) is 13.1 Å². The van der Waals surface area contributed by atoms with Gasteiger partial charge in [-0.2, -0.15) is 4.98 Å². The van der Waals surface area contributed by atoms with Gasteiger partial charge in [-0.1, -0.05) is 17.3 Å². The minimum atomic E-state index is -0.218. The summed E-state index contributed by atoms with van der Waals surface area (Å²) in [5, 5.41) is 7.07. The largest absolute Gasteiger partial charge is 0.339 e. The Labute approximate surface area is 122 Å². The van der Waals surface area contributed by atoms with Crippen molar-refractivity contribution < 1.29 is 8.91 Å². The lowest BCUT2D eigenvalue weighted by molar-refractivity contribution is 0.365. The van der Waals surface area contributed by atoms with Crippen LogP contribution in [0, 0.1) is 5.82 Å². The van der Waals surface area contributed by atoms with Gasteiger partial charge in [-0.15, -0.1) is 11.8 Å². The Morgan fingerprint density at radius 2 is 2.20 bits per heavy atom. The van der Waals surface area contributed by atoms with E-state index in [9.17, 15) is 4.39 Å². The van der Waals surface area contributed by atoms with Gasteiger partial charge in [-0.05, 0) is 32.5 Å². The van der Waals surface area contributed by atoms with Crippen molar-refractivity contribution in [3.8, 4) is 0 Å². The van der Waals surface area contributed by atoms with Crippen LogP contribution in [0.4, 0.5) is 4.39 Å². The first-order valence-electron chi connectivity index (χ1n) is 6.55. The number of nitrogens with one attached hydrogen (secondary N) is 1. The summed E-state index contributed by atoms with van der Waals surface area (Å²) < 4.78 is 18.6. The van der Waals surface area contributed by atoms with Crippen molar-refractivity contribution in [3.63, 3.8) is 0 Å². The molecule has 0 aliphatic heterocycles. The predicted octanol–water partition coefficient (Wildman–Crippen LogP) is 3.04. The Kier molecular flexibility index (Phi) is 5.55. The van der Waals surface area contributed by atoms with Crippen LogP contribution in [0.25, 0.3) is 0 Å². The number of aromatic nitrogens is 2. The van der Waals surface area contributed by atoms with Gasteiger partial charge in [0, 0.05) is 17.4 Å². The molecule has 0 saturated carbocycles. The summed E-state index contributed by atoms with van der Waals surface area (Å²) in [6.07, 6.45) is 1.69. The fraction of sp³-hybridized carbons (Fsp3) is 0.429. The maximum absolute atomic E-state index is 13.5. The third kappa shape index (κ3) is 4.31. The molecule has 0 radical (unpaired) electrons. The Bertz CT molecular complexity index is 547. The molecule has 0 bridgehead atoms. The smallest absolute Gasteiger partial charge is 0.226 e. The molecule has 1 heterocycles. The Hall–Kier alpha value is -1.40. The number of aryl methyl sites for hydroxylation is 1. The topological polar surface area (TPSA) is 51.0 Å². The molecule has 0 saturated heterocycles. The molecule has 0 aliphatic carbocycles. The van der Waals surface area contributed by atoms with E-state index in [4.69, 9.17) is 4.52 Å². The van der Waals surface area contributed by atoms with Crippen LogP contribution in [0.3, 0.4) is 0 Å². The molecule has 1 aromatic carbocycles. The second-order valence-corrected chi connectivity index (χ2v) is 5.57. The lowest BCUT2D eigenvalue weighted by Crippen LogP contribution is -2.21. The van der Waals surface area contributed by atoms with Crippen molar-refractivity contribution in [2.24, 2.45) is 0 Å². The number of hydrogen-bond acceptors (Lipinski definition) is 5. The number of halogens is 1. The molecule has 108 valence electrons. The monoisotopic (exact) mass is 295 g/mol. The second kappa shape index (κ2) is 7.40. The van der Waals surface area contributed by atoms with Crippen molar-refractivity contribution in [2.75, 3.05) is 7.05 Å². The average molecular weight is 295 g/mol. The molecular weight excluding hydrogens is 277 g/mol. The zero-order valence-corrected chi connectivity index (χ0v) is 12.4. The van der Waals surface area contributed by atoms with E-state index in [1.54, 1.807) is 12.1 Å². The van der Waals surface area contributed by atoms with E-state index < -0.39 is 0 Å². The van der Waals surface area contributed by atoms with E-state index in [1.165, 1.54) is 17.8 Å². The van der Waals surface area contributed by atoms with Gasteiger partial charge in [0.05, 0.1) is 5.75 Å². The molecular formula is C14H18FN3OS. The van der Waals surface area contributed by atoms with E-state index in [0.717, 1.165) is 12.8 Å². The first kappa shape index (κ1) is 15.0. The van der Waals surface area contributed by atoms with Crippen LogP contribution in [-0.4, -0.2) is 23.2 Å². The highest BCUT2D eigenvalue weighted by molar-refractivity contribution is 7.98. The maximum Gasteiger partial charge on any atom is 0.226 e. The van der Waals surface area contributed by atoms with Crippen molar-refractivity contribution in [1.29, 1.82) is 0 Å². The summed E-state index contributed by atoms with van der Waals surface area (Å²) in [7, 11) is 1.93. The van der Waals surface area contributed by atoms with Crippen molar-refractivity contribution in [1.82, 2.24) is 15.5 Å². The van der Waals surface area contributed by atoms with E-state index in [0.29, 0.717) is 28.4 Å². The summed E-state index contributed by atoms with van der Waals surface area (Å²) >= 11 is 1.37. The van der Waals surface area contributed by atoms with Crippen molar-refractivity contribution >= 4 is 11.8 Å². The summed E-state index contributed by atoms with van der Waals surface area (Å²) in [5.41, 5.74) is 0. The van der Waals surface area contributed by atoms with Gasteiger partial charge in [0.1, 0.15) is 5.82 Å². The molecule has 0 fully saturated rings. The molecule has 6 heteroatoms. The molecule has 2 rings (SSSR count). The van der Waals surface area contributed by atoms with Crippen LogP contribution in [0.1, 0.15) is 25.1 Å². The second-order valence-electron chi connectivity index (χ2n) is 4.55. The summed E-state index contributed by atoms with van der Waals surface area (Å²) in [5.74, 6) is 1.53. The molecule has 0 spiro atoms. The van der Waals surface area contributed by atoms with E-state index in [-0.39, 0.29) is 5.82 Å². The lowest BCUT2D eigenvalue weighted by Gasteiger charge is -2.06. The molecule has 4 nitrogen and oxygen atoms in total. The Morgan fingerprint density at radius 1 is 1.40 bits per heavy atom. The van der Waals surface area contributed by atoms with Gasteiger partial charge < -0.3 is 9.84 Å². The predicted molar refractivity (Wildman–Crippen MR) is 77.1 cm³/mol. The lowest BCUT2D eigenvalue weighted by atomic mass is 10.2. The maximum atomic E-state index is 13.5. The number of hydrogen-bond donors (Lipinski definition) is 1. The van der Waals surface area contributed by atoms with Crippen LogP contribution in [0.15, 0.2) is 33.7 Å². The minimum absolute atomic E-state index is 0.218. The van der Waals surface area contributed by atoms with Crippen LogP contribution < -0.4 is 5.32 Å². The van der Waals surface area contributed by atoms with Crippen LogP contribution in [0.2, 0.25) is 0 Å². The zero-order chi connectivity index (χ0) is 14.4. The third-order valence-corrected chi connectivity index (χ3v) is 4.03. The van der Waals surface area contributed by atoms with Gasteiger partial charge in [0.25, 0.3) is 0 Å². The first-order chi connectivity index (χ1) is 9.69. The summed E-state index contributed by atoms with van der Waals surface area (Å²) in [6, 6.07) is 7.10. The highest BCUT2D eigenvalue weighted by atomic mass is 32.2. The van der Waals surface area contributed by atoms with Crippen molar-refractivity contribution in [3.05, 3.63) is 41.8 Å². The highest BCUT2D eigenvalue weighted by Crippen LogP contribution is 2.24. The number of nitrogens with zero attached hydrogens (tertiary/aromatic N) is 2. The SMILES string of the molecule is CNC(C)CCc1nc(CSc2ccccc2F)no1. The number of benzene rings is 1. The van der Waals surface area contributed by atoms with Crippen LogP contribution in [-0.2, 0) is 12.2 Å². The Balaban J connectivity index is 1.85. The molecule has 1 N–H and O–H groups in total. The van der Waals surface area contributed by atoms with Crippen molar-refractivity contribution in [2.45, 2.75) is 36.5 Å². The van der Waals surface area contributed by atoms with Gasteiger partial charge in [-0.3, -0.25) is 0 Å². The van der Waals surface area contributed by atoms with Gasteiger partial charge in [-0.25, -0.2) is 4.39 Å². The fourth-order valence-corrected chi connectivity index (χ4v) is 2.42. The molecule has 20 heavy (non-hydrogen) atoms. The molecule has 0 aliphatic rings. The molecule has 1 aromatic heterocycles. The fourth-order valence-electron chi connectivity index (χ4n) is 1.64. The van der Waals surface area contributed by atoms with E-state index in [2.05, 4.69) is 22.4 Å². The average Bonchev–Trinajstić information content (AvgIpc) is 2.92. The minimum Gasteiger partial charge on any atom is -0.339 e. The van der Waals surface area contributed by atoms with E-state index >= 15 is 0 Å². The first-order valence-corrected chi connectivity index (χ1v) is 7.53. The normalized spacial score (nSPS) is 12.6. The molecule has 2 aromatic rings. The highest BCUT2D eigenvalue weighted by Gasteiger charge is 2.09. The zero-order valence-electron chi connectivity index (χ0n) is 11.6. The molecule has 0 amide bonds. The Morgan fingerprint density at radius 3 is 2.95 bits per heavy atom. The summed E-state index contributed by atoms with van der Waals surface area (Å²) in [6.45, 7) is 2.10. The van der Waals surface area contributed by atoms with Gasteiger partial charge in [0.2, 0.25) is 5.89 Å². The molecule has 1 atom stereocenters. The van der Waals surface area contributed by atoms with Gasteiger partial charge in [0.15, 0.2) is 5.82 Å². The quantitative estimate of drug-likeness (QED) is 0.796. The third-order valence-electron chi connectivity index (χ3n) is 2.99. The summed E-state index contributed by atoms with van der Waals surface area (Å²) in [4.78, 5) is 4.91. The number of thioether (sulfide) groups is 1. The van der Waals surface area contributed by atoms with Gasteiger partial charge >= 0.3 is 0 Å². The van der Waals surface area contributed by atoms with Crippen LogP contribution in [0.5, 0.6) is 0 Å².